The first-order chi connectivity index (χ1) is 5.17. The van der Waals surface area contributed by atoms with Crippen molar-refractivity contribution in [2.24, 2.45) is 17.8 Å². The van der Waals surface area contributed by atoms with Gasteiger partial charge in [-0.3, -0.25) is 0 Å². The lowest BCUT2D eigenvalue weighted by Crippen LogP contribution is -2.16. The first kappa shape index (κ1) is 10.6. The minimum absolute atomic E-state index is 0.477. The average Bonchev–Trinajstić information content (AvgIpc) is 2.05. The summed E-state index contributed by atoms with van der Waals surface area (Å²) in [5.74, 6) is 4.78. The monoisotopic (exact) mass is 152 g/mol. The van der Waals surface area contributed by atoms with Crippen LogP contribution >= 0.6 is 0 Å². The minimum atomic E-state index is 0.477. The van der Waals surface area contributed by atoms with Crippen molar-refractivity contribution in [2.75, 3.05) is 0 Å². The van der Waals surface area contributed by atoms with Crippen LogP contribution in [0.15, 0.2) is 0 Å². The Morgan fingerprint density at radius 3 is 2.00 bits per heavy atom. The third-order valence-corrected chi connectivity index (χ3v) is 2.83. The van der Waals surface area contributed by atoms with E-state index in [1.165, 1.54) is 6.42 Å². The third kappa shape index (κ3) is 2.97. The SMILES string of the molecule is C#CC(CC)C(C)C(C)CC. The van der Waals surface area contributed by atoms with Crippen molar-refractivity contribution in [3.05, 3.63) is 0 Å². The molecule has 0 aromatic rings. The van der Waals surface area contributed by atoms with E-state index in [1.807, 2.05) is 0 Å². The Kier molecular flexibility index (Phi) is 5.03. The van der Waals surface area contributed by atoms with Crippen molar-refractivity contribution in [1.29, 1.82) is 0 Å². The van der Waals surface area contributed by atoms with E-state index >= 15 is 0 Å². The molecule has 0 saturated carbocycles. The molecule has 0 heterocycles. The molecular weight excluding hydrogens is 132 g/mol. The fourth-order valence-corrected chi connectivity index (χ4v) is 1.41. The highest BCUT2D eigenvalue weighted by Gasteiger charge is 2.17. The summed E-state index contributed by atoms with van der Waals surface area (Å²) in [5, 5.41) is 0. The van der Waals surface area contributed by atoms with Gasteiger partial charge in [0, 0.05) is 5.92 Å². The molecule has 0 spiro atoms. The molecule has 64 valence electrons. The lowest BCUT2D eigenvalue weighted by atomic mass is 9.82. The van der Waals surface area contributed by atoms with Gasteiger partial charge >= 0.3 is 0 Å². The molecule has 0 aromatic heterocycles. The quantitative estimate of drug-likeness (QED) is 0.542. The molecule has 0 bridgehead atoms. The van der Waals surface area contributed by atoms with Gasteiger partial charge in [0.05, 0.1) is 0 Å². The second kappa shape index (κ2) is 5.24. The van der Waals surface area contributed by atoms with Crippen LogP contribution in [-0.4, -0.2) is 0 Å². The highest BCUT2D eigenvalue weighted by Crippen LogP contribution is 2.24. The molecule has 0 aliphatic heterocycles. The van der Waals surface area contributed by atoms with Crippen LogP contribution in [0.2, 0.25) is 0 Å². The highest BCUT2D eigenvalue weighted by molar-refractivity contribution is 4.95. The molecule has 0 nitrogen and oxygen atoms in total. The second-order valence-corrected chi connectivity index (χ2v) is 3.43. The van der Waals surface area contributed by atoms with Gasteiger partial charge in [-0.15, -0.1) is 12.3 Å². The van der Waals surface area contributed by atoms with E-state index in [-0.39, 0.29) is 0 Å². The summed E-state index contributed by atoms with van der Waals surface area (Å²) < 4.78 is 0. The van der Waals surface area contributed by atoms with E-state index in [2.05, 4.69) is 33.6 Å². The summed E-state index contributed by atoms with van der Waals surface area (Å²) >= 11 is 0. The molecule has 0 saturated heterocycles. The average molecular weight is 152 g/mol. The zero-order valence-electron chi connectivity index (χ0n) is 8.22. The normalized spacial score (nSPS) is 18.5. The molecule has 3 atom stereocenters. The van der Waals surface area contributed by atoms with Crippen LogP contribution in [0, 0.1) is 30.1 Å². The Hall–Kier alpha value is -0.440. The number of rotatable bonds is 4. The summed E-state index contributed by atoms with van der Waals surface area (Å²) in [7, 11) is 0. The molecular formula is C11H20. The molecule has 11 heavy (non-hydrogen) atoms. The predicted octanol–water partition coefficient (Wildman–Crippen LogP) is 3.33. The van der Waals surface area contributed by atoms with Crippen molar-refractivity contribution in [3.63, 3.8) is 0 Å². The van der Waals surface area contributed by atoms with Crippen LogP contribution in [0.4, 0.5) is 0 Å². The molecule has 3 unspecified atom stereocenters. The Balaban J connectivity index is 3.99. The van der Waals surface area contributed by atoms with Crippen LogP contribution in [0.5, 0.6) is 0 Å². The van der Waals surface area contributed by atoms with Gasteiger partial charge in [0.2, 0.25) is 0 Å². The smallest absolute Gasteiger partial charge is 0.0225 e. The molecule has 0 rings (SSSR count). The number of hydrogen-bond acceptors (Lipinski definition) is 0. The fraction of sp³-hybridized carbons (Fsp3) is 0.818. The summed E-state index contributed by atoms with van der Waals surface area (Å²) in [4.78, 5) is 0. The van der Waals surface area contributed by atoms with E-state index in [4.69, 9.17) is 6.42 Å². The van der Waals surface area contributed by atoms with Crippen LogP contribution in [-0.2, 0) is 0 Å². The first-order valence-corrected chi connectivity index (χ1v) is 4.63. The Bertz CT molecular complexity index is 129. The van der Waals surface area contributed by atoms with Gasteiger partial charge < -0.3 is 0 Å². The molecule has 0 amide bonds. The van der Waals surface area contributed by atoms with Gasteiger partial charge in [0.1, 0.15) is 0 Å². The number of terminal acetylenes is 1. The van der Waals surface area contributed by atoms with Gasteiger partial charge in [0.15, 0.2) is 0 Å². The van der Waals surface area contributed by atoms with E-state index in [0.717, 1.165) is 12.3 Å². The maximum Gasteiger partial charge on any atom is 0.0225 e. The molecule has 0 heteroatoms. The molecule has 0 radical (unpaired) electrons. The van der Waals surface area contributed by atoms with Gasteiger partial charge in [0.25, 0.3) is 0 Å². The summed E-state index contributed by atoms with van der Waals surface area (Å²) in [6, 6.07) is 0. The molecule has 0 N–H and O–H groups in total. The minimum Gasteiger partial charge on any atom is -0.120 e. The van der Waals surface area contributed by atoms with E-state index in [0.29, 0.717) is 11.8 Å². The van der Waals surface area contributed by atoms with Crippen molar-refractivity contribution in [3.8, 4) is 12.3 Å². The predicted molar refractivity (Wildman–Crippen MR) is 51.2 cm³/mol. The van der Waals surface area contributed by atoms with E-state index < -0.39 is 0 Å². The number of hydrogen-bond donors (Lipinski definition) is 0. The van der Waals surface area contributed by atoms with E-state index in [9.17, 15) is 0 Å². The van der Waals surface area contributed by atoms with Crippen LogP contribution in [0.25, 0.3) is 0 Å². The standard InChI is InChI=1S/C11H20/c1-6-9(4)10(5)11(7-2)8-3/h2,9-11H,6,8H2,1,3-5H3. The zero-order chi connectivity index (χ0) is 8.85. The highest BCUT2D eigenvalue weighted by atomic mass is 14.2. The van der Waals surface area contributed by atoms with Crippen molar-refractivity contribution in [1.82, 2.24) is 0 Å². The van der Waals surface area contributed by atoms with Gasteiger partial charge in [-0.05, 0) is 18.3 Å². The van der Waals surface area contributed by atoms with Gasteiger partial charge in [-0.2, -0.15) is 0 Å². The summed E-state index contributed by atoms with van der Waals surface area (Å²) in [5.41, 5.74) is 0. The first-order valence-electron chi connectivity index (χ1n) is 4.63. The Labute approximate surface area is 71.4 Å². The molecule has 0 fully saturated rings. The van der Waals surface area contributed by atoms with E-state index in [1.54, 1.807) is 0 Å². The maximum atomic E-state index is 5.43. The molecule has 0 aromatic carbocycles. The summed E-state index contributed by atoms with van der Waals surface area (Å²) in [6.07, 6.45) is 7.78. The lowest BCUT2D eigenvalue weighted by molar-refractivity contribution is 0.299. The van der Waals surface area contributed by atoms with Crippen molar-refractivity contribution in [2.45, 2.75) is 40.5 Å². The largest absolute Gasteiger partial charge is 0.120 e. The molecule has 0 aliphatic carbocycles. The van der Waals surface area contributed by atoms with Crippen LogP contribution in [0.3, 0.4) is 0 Å². The fourth-order valence-electron chi connectivity index (χ4n) is 1.41. The van der Waals surface area contributed by atoms with Gasteiger partial charge in [-0.1, -0.05) is 34.1 Å². The topological polar surface area (TPSA) is 0 Å². The summed E-state index contributed by atoms with van der Waals surface area (Å²) in [6.45, 7) is 8.95. The Morgan fingerprint density at radius 2 is 1.73 bits per heavy atom. The lowest BCUT2D eigenvalue weighted by Gasteiger charge is -2.23. The zero-order valence-corrected chi connectivity index (χ0v) is 8.22. The molecule has 0 aliphatic rings. The van der Waals surface area contributed by atoms with Gasteiger partial charge in [-0.25, -0.2) is 0 Å². The van der Waals surface area contributed by atoms with Crippen molar-refractivity contribution < 1.29 is 0 Å². The maximum absolute atomic E-state index is 5.43. The Morgan fingerprint density at radius 1 is 1.18 bits per heavy atom. The van der Waals surface area contributed by atoms with Crippen LogP contribution < -0.4 is 0 Å². The third-order valence-electron chi connectivity index (χ3n) is 2.83. The van der Waals surface area contributed by atoms with Crippen LogP contribution in [0.1, 0.15) is 40.5 Å². The van der Waals surface area contributed by atoms with Crippen molar-refractivity contribution >= 4 is 0 Å². The second-order valence-electron chi connectivity index (χ2n) is 3.43.